The number of rotatable bonds is 8. The van der Waals surface area contributed by atoms with Crippen LogP contribution >= 0.6 is 11.3 Å². The van der Waals surface area contributed by atoms with E-state index in [9.17, 15) is 8.42 Å². The van der Waals surface area contributed by atoms with Gasteiger partial charge in [-0.25, -0.2) is 18.1 Å². The Balaban J connectivity index is 1.37. The zero-order valence-electron chi connectivity index (χ0n) is 17.0. The second-order valence-electron chi connectivity index (χ2n) is 6.93. The summed E-state index contributed by atoms with van der Waals surface area (Å²) in [5.74, 6) is 1.28. The maximum absolute atomic E-state index is 12.6. The fourth-order valence-electron chi connectivity index (χ4n) is 3.06. The predicted molar refractivity (Wildman–Crippen MR) is 124 cm³/mol. The fourth-order valence-corrected chi connectivity index (χ4v) is 5.16. The number of ether oxygens (including phenoxy) is 1. The highest BCUT2D eigenvalue weighted by molar-refractivity contribution is 7.89. The molecule has 1 aromatic heterocycles. The molecule has 0 amide bonds. The molecule has 0 atom stereocenters. The summed E-state index contributed by atoms with van der Waals surface area (Å²) in [4.78, 5) is 5.91. The molecule has 0 aliphatic rings. The van der Waals surface area contributed by atoms with Gasteiger partial charge in [-0.3, -0.25) is 0 Å². The van der Waals surface area contributed by atoms with Crippen LogP contribution in [0.3, 0.4) is 0 Å². The molecule has 0 spiro atoms. The number of hydrogen-bond acceptors (Lipinski definition) is 5. The van der Waals surface area contributed by atoms with E-state index in [0.29, 0.717) is 24.5 Å². The van der Waals surface area contributed by atoms with Crippen LogP contribution in [-0.4, -0.2) is 19.9 Å². The number of sulfonamides is 1. The van der Waals surface area contributed by atoms with E-state index in [0.717, 1.165) is 21.1 Å². The molecule has 1 heterocycles. The smallest absolute Gasteiger partial charge is 0.240 e. The van der Waals surface area contributed by atoms with Crippen molar-refractivity contribution in [2.75, 3.05) is 6.54 Å². The molecule has 0 bridgehead atoms. The average Bonchev–Trinajstić information content (AvgIpc) is 3.16. The summed E-state index contributed by atoms with van der Waals surface area (Å²) in [6.07, 6.45) is 0.588. The molecule has 4 rings (SSSR count). The van der Waals surface area contributed by atoms with Crippen molar-refractivity contribution in [1.29, 1.82) is 0 Å². The highest BCUT2D eigenvalue weighted by Gasteiger charge is 2.15. The van der Waals surface area contributed by atoms with Gasteiger partial charge in [0.15, 0.2) is 0 Å². The van der Waals surface area contributed by atoms with Crippen molar-refractivity contribution in [1.82, 2.24) is 9.71 Å². The summed E-state index contributed by atoms with van der Waals surface area (Å²) in [7, 11) is -3.60. The van der Waals surface area contributed by atoms with Crippen LogP contribution in [0.25, 0.3) is 10.6 Å². The van der Waals surface area contributed by atoms with Crippen molar-refractivity contribution < 1.29 is 13.2 Å². The van der Waals surface area contributed by atoms with E-state index in [1.54, 1.807) is 35.6 Å². The van der Waals surface area contributed by atoms with E-state index >= 15 is 0 Å². The van der Waals surface area contributed by atoms with Crippen LogP contribution in [-0.2, 0) is 16.4 Å². The zero-order chi connectivity index (χ0) is 21.7. The van der Waals surface area contributed by atoms with Gasteiger partial charge in [-0.2, -0.15) is 0 Å². The van der Waals surface area contributed by atoms with Gasteiger partial charge in [0.05, 0.1) is 10.6 Å². The van der Waals surface area contributed by atoms with Gasteiger partial charge in [-0.15, -0.1) is 11.3 Å². The minimum Gasteiger partial charge on any atom is -0.457 e. The quantitative estimate of drug-likeness (QED) is 0.389. The normalized spacial score (nSPS) is 11.4. The Morgan fingerprint density at radius 2 is 1.48 bits per heavy atom. The van der Waals surface area contributed by atoms with Crippen molar-refractivity contribution in [3.8, 4) is 22.1 Å². The van der Waals surface area contributed by atoms with Crippen molar-refractivity contribution in [2.24, 2.45) is 0 Å². The third-order valence-corrected chi connectivity index (χ3v) is 7.41. The largest absolute Gasteiger partial charge is 0.457 e. The lowest BCUT2D eigenvalue weighted by Gasteiger charge is -2.08. The third-order valence-electron chi connectivity index (χ3n) is 4.67. The van der Waals surface area contributed by atoms with Crippen molar-refractivity contribution in [3.05, 3.63) is 95.5 Å². The lowest BCUT2D eigenvalue weighted by atomic mass is 10.2. The van der Waals surface area contributed by atoms with E-state index < -0.39 is 10.0 Å². The molecule has 4 aromatic rings. The minimum atomic E-state index is -3.60. The second kappa shape index (κ2) is 9.43. The van der Waals surface area contributed by atoms with Gasteiger partial charge < -0.3 is 4.74 Å². The van der Waals surface area contributed by atoms with Gasteiger partial charge in [-0.1, -0.05) is 48.5 Å². The number of nitrogens with zero attached hydrogens (tertiary/aromatic N) is 1. The Morgan fingerprint density at radius 1 is 0.871 bits per heavy atom. The van der Waals surface area contributed by atoms with E-state index in [-0.39, 0.29) is 4.90 Å². The number of para-hydroxylation sites is 1. The summed E-state index contributed by atoms with van der Waals surface area (Å²) in [5.41, 5.74) is 2.01. The van der Waals surface area contributed by atoms with Crippen molar-refractivity contribution in [3.63, 3.8) is 0 Å². The molecule has 158 valence electrons. The highest BCUT2D eigenvalue weighted by Crippen LogP contribution is 2.28. The van der Waals surface area contributed by atoms with Crippen LogP contribution in [0, 0.1) is 6.92 Å². The molecule has 0 aliphatic heterocycles. The topological polar surface area (TPSA) is 68.3 Å². The Kier molecular flexibility index (Phi) is 6.46. The van der Waals surface area contributed by atoms with Gasteiger partial charge in [0, 0.05) is 17.0 Å². The van der Waals surface area contributed by atoms with Crippen LogP contribution in [0.1, 0.15) is 10.6 Å². The molecule has 1 N–H and O–H groups in total. The highest BCUT2D eigenvalue weighted by atomic mass is 32.2. The second-order valence-corrected chi connectivity index (χ2v) is 9.78. The molecule has 0 aliphatic carbocycles. The minimum absolute atomic E-state index is 0.207. The summed E-state index contributed by atoms with van der Waals surface area (Å²) in [6.45, 7) is 2.26. The van der Waals surface area contributed by atoms with Gasteiger partial charge in [0.2, 0.25) is 10.0 Å². The van der Waals surface area contributed by atoms with Crippen LogP contribution in [0.5, 0.6) is 11.5 Å². The van der Waals surface area contributed by atoms with E-state index in [2.05, 4.69) is 9.71 Å². The molecule has 5 nitrogen and oxygen atoms in total. The number of aromatic nitrogens is 1. The van der Waals surface area contributed by atoms with Crippen molar-refractivity contribution >= 4 is 21.4 Å². The first-order valence-corrected chi connectivity index (χ1v) is 12.2. The lowest BCUT2D eigenvalue weighted by Crippen LogP contribution is -2.25. The number of benzene rings is 3. The molecule has 7 heteroatoms. The third kappa shape index (κ3) is 5.38. The summed E-state index contributed by atoms with van der Waals surface area (Å²) in [6, 6.07) is 25.7. The molecular weight excluding hydrogens is 428 g/mol. The van der Waals surface area contributed by atoms with Crippen LogP contribution in [0.2, 0.25) is 0 Å². The maximum atomic E-state index is 12.6. The Hall–Kier alpha value is -3.00. The zero-order valence-corrected chi connectivity index (χ0v) is 18.6. The molecule has 0 saturated heterocycles. The van der Waals surface area contributed by atoms with Gasteiger partial charge in [-0.05, 0) is 49.7 Å². The molecular formula is C24H22N2O3S2. The van der Waals surface area contributed by atoms with E-state index in [1.165, 1.54) is 0 Å². The number of thiazole rings is 1. The van der Waals surface area contributed by atoms with E-state index in [4.69, 9.17) is 4.74 Å². The Bertz CT molecular complexity index is 1240. The monoisotopic (exact) mass is 450 g/mol. The molecule has 0 saturated carbocycles. The number of nitrogens with one attached hydrogen (secondary N) is 1. The van der Waals surface area contributed by atoms with Crippen LogP contribution in [0.4, 0.5) is 0 Å². The molecule has 0 radical (unpaired) electrons. The lowest BCUT2D eigenvalue weighted by molar-refractivity contribution is 0.482. The van der Waals surface area contributed by atoms with E-state index in [1.807, 2.05) is 67.6 Å². The summed E-state index contributed by atoms with van der Waals surface area (Å²) < 4.78 is 33.7. The molecule has 3 aromatic carbocycles. The van der Waals surface area contributed by atoms with Crippen LogP contribution < -0.4 is 9.46 Å². The predicted octanol–water partition coefficient (Wildman–Crippen LogP) is 5.43. The van der Waals surface area contributed by atoms with Gasteiger partial charge >= 0.3 is 0 Å². The Morgan fingerprint density at radius 3 is 2.16 bits per heavy atom. The average molecular weight is 451 g/mol. The fraction of sp³-hybridized carbons (Fsp3) is 0.125. The standard InChI is InChI=1S/C24H22N2O3S2/c1-18-23(30-24(26-18)19-8-4-2-5-9-19)16-17-25-31(27,28)22-14-12-21(13-15-22)29-20-10-6-3-7-11-20/h2-15,25H,16-17H2,1H3. The molecule has 31 heavy (non-hydrogen) atoms. The van der Waals surface area contributed by atoms with Crippen LogP contribution in [0.15, 0.2) is 89.8 Å². The summed E-state index contributed by atoms with van der Waals surface area (Å²) in [5, 5.41) is 0.949. The first kappa shape index (κ1) is 21.2. The Labute approximate surface area is 186 Å². The van der Waals surface area contributed by atoms with Gasteiger partial charge in [0.1, 0.15) is 16.5 Å². The maximum Gasteiger partial charge on any atom is 0.240 e. The SMILES string of the molecule is Cc1nc(-c2ccccc2)sc1CCNS(=O)(=O)c1ccc(Oc2ccccc2)cc1. The molecule has 0 unspecified atom stereocenters. The first-order valence-electron chi connectivity index (χ1n) is 9.86. The first-order chi connectivity index (χ1) is 15.0. The summed E-state index contributed by atoms with van der Waals surface area (Å²) >= 11 is 1.60. The van der Waals surface area contributed by atoms with Gasteiger partial charge in [0.25, 0.3) is 0 Å². The molecule has 0 fully saturated rings. The van der Waals surface area contributed by atoms with Crippen molar-refractivity contribution in [2.45, 2.75) is 18.2 Å². The number of aryl methyl sites for hydroxylation is 1. The number of hydrogen-bond donors (Lipinski definition) is 1.